The van der Waals surface area contributed by atoms with E-state index in [-0.39, 0.29) is 18.0 Å². The van der Waals surface area contributed by atoms with Crippen molar-refractivity contribution in [1.29, 1.82) is 5.26 Å². The molecule has 0 N–H and O–H groups in total. The lowest BCUT2D eigenvalue weighted by Gasteiger charge is -1.98. The van der Waals surface area contributed by atoms with Crippen LogP contribution < -0.4 is 4.74 Å². The average molecular weight is 177 g/mol. The van der Waals surface area contributed by atoms with E-state index in [0.29, 0.717) is 0 Å². The average Bonchev–Trinajstić information content (AvgIpc) is 2.15. The smallest absolute Gasteiger partial charge is 0.273 e. The van der Waals surface area contributed by atoms with Crippen molar-refractivity contribution in [1.82, 2.24) is 0 Å². The zero-order valence-corrected chi connectivity index (χ0v) is 6.56. The van der Waals surface area contributed by atoms with Crippen LogP contribution in [-0.2, 0) is 0 Å². The zero-order valence-electron chi connectivity index (χ0n) is 6.56. The second-order valence-electron chi connectivity index (χ2n) is 2.12. The second-order valence-corrected chi connectivity index (χ2v) is 2.12. The van der Waals surface area contributed by atoms with Gasteiger partial charge in [-0.15, -0.1) is 0 Å². The van der Waals surface area contributed by atoms with Crippen LogP contribution in [0, 0.1) is 27.5 Å². The number of benzene rings is 1. The second kappa shape index (κ2) is 4.07. The molecular weight excluding hydrogens is 172 g/mol. The highest BCUT2D eigenvalue weighted by molar-refractivity contribution is 5.37. The predicted molar refractivity (Wildman–Crippen MR) is 43.0 cm³/mol. The van der Waals surface area contributed by atoms with Crippen LogP contribution in [0.25, 0.3) is 0 Å². The summed E-state index contributed by atoms with van der Waals surface area (Å²) in [7, 11) is 0. The van der Waals surface area contributed by atoms with Gasteiger partial charge in [0.1, 0.15) is 11.8 Å². The molecule has 65 valence electrons. The van der Waals surface area contributed by atoms with Gasteiger partial charge in [0, 0.05) is 12.1 Å². The number of nitriles is 1. The van der Waals surface area contributed by atoms with E-state index in [0.717, 1.165) is 0 Å². The van der Waals surface area contributed by atoms with Crippen LogP contribution in [0.4, 0.5) is 5.69 Å². The van der Waals surface area contributed by atoms with Crippen LogP contribution in [0.15, 0.2) is 18.2 Å². The lowest BCUT2D eigenvalue weighted by atomic mass is 10.3. The van der Waals surface area contributed by atoms with E-state index in [1.54, 1.807) is 6.07 Å². The molecule has 0 saturated heterocycles. The SMILES string of the molecule is N#CCOc1[c]ccc([N+](=O)[O-])c1. The van der Waals surface area contributed by atoms with Crippen molar-refractivity contribution >= 4 is 5.69 Å². The largest absolute Gasteiger partial charge is 0.478 e. The maximum absolute atomic E-state index is 10.3. The number of hydrogen-bond donors (Lipinski definition) is 0. The molecule has 5 nitrogen and oxygen atoms in total. The van der Waals surface area contributed by atoms with Crippen molar-refractivity contribution in [3.63, 3.8) is 0 Å². The number of ether oxygens (including phenoxy) is 1. The summed E-state index contributed by atoms with van der Waals surface area (Å²) in [5.74, 6) is 0.204. The van der Waals surface area contributed by atoms with Crippen molar-refractivity contribution in [3.05, 3.63) is 34.4 Å². The molecule has 5 heteroatoms. The first-order valence-corrected chi connectivity index (χ1v) is 3.40. The molecule has 0 aliphatic heterocycles. The van der Waals surface area contributed by atoms with Gasteiger partial charge in [0.05, 0.1) is 11.0 Å². The van der Waals surface area contributed by atoms with Crippen molar-refractivity contribution in [2.24, 2.45) is 0 Å². The summed E-state index contributed by atoms with van der Waals surface area (Å²) in [5, 5.41) is 18.5. The molecule has 0 amide bonds. The number of nitro benzene ring substituents is 1. The maximum atomic E-state index is 10.3. The summed E-state index contributed by atoms with van der Waals surface area (Å²) in [6, 6.07) is 8.28. The molecule has 0 unspecified atom stereocenters. The molecule has 0 heterocycles. The number of non-ortho nitro benzene ring substituents is 1. The summed E-state index contributed by atoms with van der Waals surface area (Å²) in [6.45, 7) is -0.141. The van der Waals surface area contributed by atoms with Gasteiger partial charge in [0.25, 0.3) is 5.69 Å². The van der Waals surface area contributed by atoms with Gasteiger partial charge in [-0.1, -0.05) is 0 Å². The van der Waals surface area contributed by atoms with Gasteiger partial charge < -0.3 is 4.74 Å². The van der Waals surface area contributed by atoms with Gasteiger partial charge in [-0.3, -0.25) is 10.1 Å². The highest BCUT2D eigenvalue weighted by atomic mass is 16.6. The fourth-order valence-corrected chi connectivity index (χ4v) is 0.740. The van der Waals surface area contributed by atoms with Crippen LogP contribution in [0.1, 0.15) is 0 Å². The number of nitro groups is 1. The Labute approximate surface area is 74.3 Å². The number of hydrogen-bond acceptors (Lipinski definition) is 4. The third-order valence-corrected chi connectivity index (χ3v) is 1.26. The van der Waals surface area contributed by atoms with Gasteiger partial charge >= 0.3 is 0 Å². The Morgan fingerprint density at radius 1 is 1.77 bits per heavy atom. The molecule has 13 heavy (non-hydrogen) atoms. The van der Waals surface area contributed by atoms with Crippen molar-refractivity contribution < 1.29 is 9.66 Å². The molecule has 1 rings (SSSR count). The Bertz CT molecular complexity index is 357. The minimum atomic E-state index is -0.535. The molecule has 0 atom stereocenters. The van der Waals surface area contributed by atoms with Crippen molar-refractivity contribution in [3.8, 4) is 11.8 Å². The molecule has 1 aromatic carbocycles. The molecule has 0 aromatic heterocycles. The molecule has 0 saturated carbocycles. The number of nitrogens with zero attached hydrogens (tertiary/aromatic N) is 2. The van der Waals surface area contributed by atoms with Crippen molar-refractivity contribution in [2.45, 2.75) is 0 Å². The molecule has 0 fully saturated rings. The topological polar surface area (TPSA) is 76.2 Å². The van der Waals surface area contributed by atoms with Gasteiger partial charge in [-0.2, -0.15) is 5.26 Å². The highest BCUT2D eigenvalue weighted by Crippen LogP contribution is 2.17. The van der Waals surface area contributed by atoms with Crippen LogP contribution >= 0.6 is 0 Å². The fraction of sp³-hybridized carbons (Fsp3) is 0.125. The van der Waals surface area contributed by atoms with E-state index in [1.807, 2.05) is 0 Å². The van der Waals surface area contributed by atoms with Crippen molar-refractivity contribution in [2.75, 3.05) is 6.61 Å². The molecule has 0 bridgehead atoms. The minimum absolute atomic E-state index is 0.0771. The van der Waals surface area contributed by atoms with Crippen LogP contribution in [0.3, 0.4) is 0 Å². The van der Waals surface area contributed by atoms with Gasteiger partial charge in [0.2, 0.25) is 0 Å². The molecule has 1 radical (unpaired) electrons. The van der Waals surface area contributed by atoms with Crippen LogP contribution in [-0.4, -0.2) is 11.5 Å². The third-order valence-electron chi connectivity index (χ3n) is 1.26. The first-order chi connectivity index (χ1) is 6.24. The Hall–Kier alpha value is -2.09. The van der Waals surface area contributed by atoms with E-state index in [4.69, 9.17) is 10.00 Å². The first-order valence-electron chi connectivity index (χ1n) is 3.40. The zero-order chi connectivity index (χ0) is 9.68. The van der Waals surface area contributed by atoms with E-state index in [9.17, 15) is 10.1 Å². The molecular formula is C8H5N2O3. The van der Waals surface area contributed by atoms with E-state index in [2.05, 4.69) is 6.07 Å². The van der Waals surface area contributed by atoms with E-state index >= 15 is 0 Å². The summed E-state index contributed by atoms with van der Waals surface area (Å²) in [4.78, 5) is 9.76. The Morgan fingerprint density at radius 3 is 3.15 bits per heavy atom. The predicted octanol–water partition coefficient (Wildman–Crippen LogP) is 1.30. The van der Waals surface area contributed by atoms with Gasteiger partial charge in [0.15, 0.2) is 6.61 Å². The third kappa shape index (κ3) is 2.45. The molecule has 0 aliphatic rings. The molecule has 1 aromatic rings. The minimum Gasteiger partial charge on any atom is -0.478 e. The van der Waals surface area contributed by atoms with E-state index < -0.39 is 4.92 Å². The fourth-order valence-electron chi connectivity index (χ4n) is 0.740. The maximum Gasteiger partial charge on any atom is 0.273 e. The lowest BCUT2D eigenvalue weighted by Crippen LogP contribution is -1.94. The normalized spacial score (nSPS) is 8.85. The summed E-state index contributed by atoms with van der Waals surface area (Å²) in [5.41, 5.74) is -0.0771. The Morgan fingerprint density at radius 2 is 2.54 bits per heavy atom. The Kier molecular flexibility index (Phi) is 2.82. The standard InChI is InChI=1S/C8H5N2O3/c9-4-5-13-8-3-1-2-7(6-8)10(11)12/h1-2,6H,5H2. The monoisotopic (exact) mass is 177 g/mol. The van der Waals surface area contributed by atoms with Gasteiger partial charge in [-0.05, 0) is 6.07 Å². The highest BCUT2D eigenvalue weighted by Gasteiger charge is 2.05. The van der Waals surface area contributed by atoms with Crippen LogP contribution in [0.2, 0.25) is 0 Å². The summed E-state index contributed by atoms with van der Waals surface area (Å²) >= 11 is 0. The summed E-state index contributed by atoms with van der Waals surface area (Å²) in [6.07, 6.45) is 0. The number of rotatable bonds is 3. The molecule has 0 spiro atoms. The summed E-state index contributed by atoms with van der Waals surface area (Å²) < 4.78 is 4.82. The quantitative estimate of drug-likeness (QED) is 0.515. The van der Waals surface area contributed by atoms with E-state index in [1.165, 1.54) is 18.2 Å². The Balaban J connectivity index is 2.80. The van der Waals surface area contributed by atoms with Crippen LogP contribution in [0.5, 0.6) is 5.75 Å². The molecule has 0 aliphatic carbocycles. The van der Waals surface area contributed by atoms with Gasteiger partial charge in [-0.25, -0.2) is 0 Å². The lowest BCUT2D eigenvalue weighted by molar-refractivity contribution is -0.384. The first kappa shape index (κ1) is 9.00.